The van der Waals surface area contributed by atoms with Gasteiger partial charge < -0.3 is 5.11 Å². The molecular weight excluding hydrogens is 180 g/mol. The number of carboxylic acid groups (broad SMARTS) is 1. The van der Waals surface area contributed by atoms with Crippen LogP contribution in [0.3, 0.4) is 0 Å². The minimum atomic E-state index is -0.899. The van der Waals surface area contributed by atoms with Crippen LogP contribution in [0.4, 0.5) is 4.79 Å². The molecule has 4 heteroatoms. The lowest BCUT2D eigenvalue weighted by molar-refractivity contribution is 0.0523. The van der Waals surface area contributed by atoms with Gasteiger partial charge in [0.15, 0.2) is 0 Å². The van der Waals surface area contributed by atoms with Crippen molar-refractivity contribution in [3.63, 3.8) is 0 Å². The molecule has 0 radical (unpaired) electrons. The van der Waals surface area contributed by atoms with Crippen LogP contribution in [-0.4, -0.2) is 27.8 Å². The van der Waals surface area contributed by atoms with Crippen molar-refractivity contribution in [3.05, 3.63) is 0 Å². The van der Waals surface area contributed by atoms with E-state index in [1.807, 2.05) is 20.8 Å². The second-order valence-electron chi connectivity index (χ2n) is 4.90. The van der Waals surface area contributed by atoms with Crippen LogP contribution in [0.15, 0.2) is 0 Å². The van der Waals surface area contributed by atoms with Gasteiger partial charge in [0.25, 0.3) is 0 Å². The van der Waals surface area contributed by atoms with E-state index in [9.17, 15) is 4.79 Å². The van der Waals surface area contributed by atoms with Crippen LogP contribution in [0.2, 0.25) is 0 Å². The molecule has 0 bridgehead atoms. The van der Waals surface area contributed by atoms with Crippen molar-refractivity contribution >= 4 is 6.09 Å². The van der Waals surface area contributed by atoms with E-state index in [0.717, 1.165) is 12.8 Å². The summed E-state index contributed by atoms with van der Waals surface area (Å²) in [6.07, 6.45) is 3.67. The fourth-order valence-corrected chi connectivity index (χ4v) is 1.77. The van der Waals surface area contributed by atoms with E-state index in [0.29, 0.717) is 6.04 Å². The smallest absolute Gasteiger partial charge is 0.422 e. The summed E-state index contributed by atoms with van der Waals surface area (Å²) in [6.45, 7) is 5.68. The Morgan fingerprint density at radius 3 is 2.21 bits per heavy atom. The van der Waals surface area contributed by atoms with Crippen molar-refractivity contribution in [2.75, 3.05) is 0 Å². The minimum Gasteiger partial charge on any atom is -0.464 e. The molecule has 14 heavy (non-hydrogen) atoms. The molecule has 0 unspecified atom stereocenters. The highest BCUT2D eigenvalue weighted by Crippen LogP contribution is 2.20. The van der Waals surface area contributed by atoms with Gasteiger partial charge in [0.1, 0.15) is 0 Å². The maximum absolute atomic E-state index is 11.0. The van der Waals surface area contributed by atoms with E-state index < -0.39 is 6.09 Å². The Hall–Kier alpha value is -0.770. The van der Waals surface area contributed by atoms with Crippen LogP contribution in [-0.2, 0) is 0 Å². The van der Waals surface area contributed by atoms with Crippen molar-refractivity contribution in [2.24, 2.45) is 0 Å². The second-order valence-corrected chi connectivity index (χ2v) is 4.90. The molecule has 1 amide bonds. The van der Waals surface area contributed by atoms with E-state index in [-0.39, 0.29) is 5.54 Å². The normalized spacial score (nSPS) is 18.5. The average molecular weight is 200 g/mol. The van der Waals surface area contributed by atoms with Crippen LogP contribution < -0.4 is 5.43 Å². The molecule has 0 aromatic rings. The summed E-state index contributed by atoms with van der Waals surface area (Å²) in [5.41, 5.74) is 2.71. The largest absolute Gasteiger partial charge is 0.464 e. The summed E-state index contributed by atoms with van der Waals surface area (Å²) < 4.78 is 0. The third-order valence-corrected chi connectivity index (χ3v) is 2.53. The molecule has 1 saturated carbocycles. The topological polar surface area (TPSA) is 52.6 Å². The first-order chi connectivity index (χ1) is 6.41. The SMILES string of the molecule is CC(C)(C)N(NC1CCCC1)C(=O)O. The van der Waals surface area contributed by atoms with E-state index in [1.54, 1.807) is 0 Å². The first kappa shape index (κ1) is 11.3. The minimum absolute atomic E-state index is 0.338. The van der Waals surface area contributed by atoms with E-state index >= 15 is 0 Å². The number of nitrogens with zero attached hydrogens (tertiary/aromatic N) is 1. The van der Waals surface area contributed by atoms with Gasteiger partial charge >= 0.3 is 6.09 Å². The van der Waals surface area contributed by atoms with Crippen molar-refractivity contribution in [3.8, 4) is 0 Å². The highest BCUT2D eigenvalue weighted by atomic mass is 16.4. The molecule has 1 fully saturated rings. The Bertz CT molecular complexity index is 205. The number of nitrogens with one attached hydrogen (secondary N) is 1. The zero-order valence-corrected chi connectivity index (χ0v) is 9.21. The number of amides is 1. The van der Waals surface area contributed by atoms with Crippen molar-refractivity contribution in [1.82, 2.24) is 10.4 Å². The van der Waals surface area contributed by atoms with Gasteiger partial charge in [-0.3, -0.25) is 0 Å². The van der Waals surface area contributed by atoms with Gasteiger partial charge in [0.05, 0.1) is 5.54 Å². The molecule has 1 aliphatic rings. The van der Waals surface area contributed by atoms with Gasteiger partial charge in [-0.15, -0.1) is 0 Å². The second kappa shape index (κ2) is 4.17. The van der Waals surface area contributed by atoms with E-state index in [2.05, 4.69) is 5.43 Å². The quantitative estimate of drug-likeness (QED) is 0.672. The van der Waals surface area contributed by atoms with Crippen LogP contribution in [0.25, 0.3) is 0 Å². The van der Waals surface area contributed by atoms with E-state index in [4.69, 9.17) is 5.11 Å². The highest BCUT2D eigenvalue weighted by Gasteiger charge is 2.29. The van der Waals surface area contributed by atoms with Crippen molar-refractivity contribution in [1.29, 1.82) is 0 Å². The molecule has 0 aliphatic heterocycles. The molecular formula is C10H20N2O2. The molecule has 4 nitrogen and oxygen atoms in total. The lowest BCUT2D eigenvalue weighted by atomic mass is 10.1. The summed E-state index contributed by atoms with van der Waals surface area (Å²) in [5, 5.41) is 10.4. The average Bonchev–Trinajstić information content (AvgIpc) is 2.48. The Labute approximate surface area is 85.3 Å². The lowest BCUT2D eigenvalue weighted by Crippen LogP contribution is -2.56. The summed E-state index contributed by atoms with van der Waals surface area (Å²) in [5.74, 6) is 0. The van der Waals surface area contributed by atoms with Gasteiger partial charge in [0.2, 0.25) is 0 Å². The van der Waals surface area contributed by atoms with Gasteiger partial charge in [-0.1, -0.05) is 12.8 Å². The zero-order valence-electron chi connectivity index (χ0n) is 9.21. The molecule has 0 aromatic heterocycles. The number of carbonyl (C=O) groups is 1. The maximum Gasteiger partial charge on any atom is 0.422 e. The first-order valence-corrected chi connectivity index (χ1v) is 5.20. The van der Waals surface area contributed by atoms with Gasteiger partial charge in [-0.2, -0.15) is 0 Å². The fraction of sp³-hybridized carbons (Fsp3) is 0.900. The maximum atomic E-state index is 11.0. The number of hydrazine groups is 1. The summed E-state index contributed by atoms with van der Waals surface area (Å²) >= 11 is 0. The zero-order chi connectivity index (χ0) is 10.8. The molecule has 1 rings (SSSR count). The van der Waals surface area contributed by atoms with Crippen LogP contribution in [0.5, 0.6) is 0 Å². The predicted molar refractivity (Wildman–Crippen MR) is 55.0 cm³/mol. The Kier molecular flexibility index (Phi) is 3.37. The Morgan fingerprint density at radius 2 is 1.86 bits per heavy atom. The third-order valence-electron chi connectivity index (χ3n) is 2.53. The van der Waals surface area contributed by atoms with Crippen LogP contribution in [0, 0.1) is 0 Å². The molecule has 2 N–H and O–H groups in total. The molecule has 0 heterocycles. The number of rotatable bonds is 2. The summed E-state index contributed by atoms with van der Waals surface area (Å²) in [7, 11) is 0. The van der Waals surface area contributed by atoms with Crippen molar-refractivity contribution in [2.45, 2.75) is 58.0 Å². The number of hydrogen-bond acceptors (Lipinski definition) is 2. The first-order valence-electron chi connectivity index (χ1n) is 5.20. The monoisotopic (exact) mass is 200 g/mol. The fourth-order valence-electron chi connectivity index (χ4n) is 1.77. The Morgan fingerprint density at radius 1 is 1.36 bits per heavy atom. The molecule has 0 aromatic carbocycles. The van der Waals surface area contributed by atoms with E-state index in [1.165, 1.54) is 17.9 Å². The standard InChI is InChI=1S/C10H20N2O2/c1-10(2,3)12(9(13)14)11-8-6-4-5-7-8/h8,11H,4-7H2,1-3H3,(H,13,14). The van der Waals surface area contributed by atoms with Crippen molar-refractivity contribution < 1.29 is 9.90 Å². The van der Waals surface area contributed by atoms with Gasteiger partial charge in [-0.05, 0) is 33.6 Å². The molecule has 0 saturated heterocycles. The molecule has 1 aliphatic carbocycles. The lowest BCUT2D eigenvalue weighted by Gasteiger charge is -2.35. The highest BCUT2D eigenvalue weighted by molar-refractivity contribution is 5.65. The molecule has 0 atom stereocenters. The predicted octanol–water partition coefficient (Wildman–Crippen LogP) is 2.21. The molecule has 0 spiro atoms. The van der Waals surface area contributed by atoms with Gasteiger partial charge in [0, 0.05) is 6.04 Å². The summed E-state index contributed by atoms with van der Waals surface area (Å²) in [6, 6.07) is 0.338. The van der Waals surface area contributed by atoms with Crippen LogP contribution >= 0.6 is 0 Å². The Balaban J connectivity index is 2.55. The number of hydrogen-bond donors (Lipinski definition) is 2. The summed E-state index contributed by atoms with van der Waals surface area (Å²) in [4.78, 5) is 11.0. The van der Waals surface area contributed by atoms with Gasteiger partial charge in [-0.25, -0.2) is 15.2 Å². The molecule has 82 valence electrons. The third kappa shape index (κ3) is 2.87. The van der Waals surface area contributed by atoms with Crippen LogP contribution in [0.1, 0.15) is 46.5 Å².